The molecule has 4 heteroatoms. The van der Waals surface area contributed by atoms with Crippen LogP contribution >= 0.6 is 0 Å². The normalized spacial score (nSPS) is 11.0. The minimum Gasteiger partial charge on any atom is -1.00 e. The molecule has 1 nitrogen and oxygen atoms in total. The van der Waals surface area contributed by atoms with E-state index < -0.39 is 0 Å². The molecule has 0 amide bonds. The fraction of sp³-hybridized carbons (Fsp3) is 0.263. The van der Waals surface area contributed by atoms with Gasteiger partial charge in [0, 0.05) is 6.61 Å². The van der Waals surface area contributed by atoms with Crippen molar-refractivity contribution in [3.63, 3.8) is 0 Å². The van der Waals surface area contributed by atoms with Crippen molar-refractivity contribution >= 4 is 14.5 Å². The summed E-state index contributed by atoms with van der Waals surface area (Å²) >= 11 is 1.51. The number of hydrogen-bond acceptors (Lipinski definition) is 1. The second-order valence-electron chi connectivity index (χ2n) is 4.60. The Morgan fingerprint density at radius 3 is 2.52 bits per heavy atom. The summed E-state index contributed by atoms with van der Waals surface area (Å²) in [5, 5.41) is 11.1. The summed E-state index contributed by atoms with van der Waals surface area (Å²) in [4.78, 5) is 0. The van der Waals surface area contributed by atoms with Crippen LogP contribution in [0.2, 0.25) is 0 Å². The summed E-state index contributed by atoms with van der Waals surface area (Å²) in [6, 6.07) is 14.7. The maximum absolute atomic E-state index is 8.47. The summed E-state index contributed by atoms with van der Waals surface area (Å²) in [7, 11) is 0. The Morgan fingerprint density at radius 1 is 1.26 bits per heavy atom. The van der Waals surface area contributed by atoms with Crippen LogP contribution in [0.25, 0.3) is 10.8 Å². The summed E-state index contributed by atoms with van der Waals surface area (Å²) in [5.41, 5.74) is 1.32. The number of halogens is 2. The predicted molar refractivity (Wildman–Crippen MR) is 88.1 cm³/mol. The fourth-order valence-electron chi connectivity index (χ4n) is 1.97. The smallest absolute Gasteiger partial charge is 0.0420 e. The molecule has 0 saturated heterocycles. The predicted octanol–water partition coefficient (Wildman–Crippen LogP) is -1.63. The van der Waals surface area contributed by atoms with E-state index in [1.54, 1.807) is 0 Å². The zero-order valence-electron chi connectivity index (χ0n) is 13.3. The SMILES string of the molecule is C[CH]=[Zr+2].OCCCC1=CC[C-]=C1.[Cl-].[Cl-].c1ccc2[cH-]ccc2c1. The molecule has 0 aliphatic heterocycles. The first-order chi connectivity index (χ1) is 10.3. The molecule has 1 aliphatic carbocycles. The van der Waals surface area contributed by atoms with Crippen LogP contribution < -0.4 is 24.8 Å². The first-order valence-electron chi connectivity index (χ1n) is 7.24. The molecule has 0 atom stereocenters. The number of rotatable bonds is 3. The van der Waals surface area contributed by atoms with Crippen LogP contribution in [0.4, 0.5) is 0 Å². The van der Waals surface area contributed by atoms with E-state index in [1.165, 1.54) is 40.6 Å². The van der Waals surface area contributed by atoms with E-state index in [4.69, 9.17) is 5.11 Å². The van der Waals surface area contributed by atoms with Crippen molar-refractivity contribution in [3.8, 4) is 0 Å². The topological polar surface area (TPSA) is 20.2 Å². The van der Waals surface area contributed by atoms with Gasteiger partial charge >= 0.3 is 34.9 Å². The van der Waals surface area contributed by atoms with Gasteiger partial charge in [-0.25, -0.2) is 11.6 Å². The van der Waals surface area contributed by atoms with Gasteiger partial charge in [-0.15, -0.1) is 36.1 Å². The van der Waals surface area contributed by atoms with Crippen LogP contribution in [0.15, 0.2) is 60.2 Å². The number of benzene rings is 1. The summed E-state index contributed by atoms with van der Waals surface area (Å²) in [6.07, 6.45) is 10.1. The van der Waals surface area contributed by atoms with Crippen molar-refractivity contribution in [2.45, 2.75) is 26.2 Å². The second kappa shape index (κ2) is 16.5. The van der Waals surface area contributed by atoms with Gasteiger partial charge in [-0.05, 0) is 6.42 Å². The third kappa shape index (κ3) is 10.9. The van der Waals surface area contributed by atoms with Crippen molar-refractivity contribution in [3.05, 3.63) is 66.3 Å². The molecule has 0 heterocycles. The number of aliphatic hydroxyl groups is 1. The molecule has 1 N–H and O–H groups in total. The van der Waals surface area contributed by atoms with Crippen LogP contribution in [0, 0.1) is 6.08 Å². The molecule has 0 spiro atoms. The Bertz CT molecular complexity index is 558. The van der Waals surface area contributed by atoms with E-state index in [2.05, 4.69) is 58.3 Å². The van der Waals surface area contributed by atoms with Gasteiger partial charge < -0.3 is 29.9 Å². The van der Waals surface area contributed by atoms with Crippen molar-refractivity contribution < 1.29 is 54.2 Å². The first kappa shape index (κ1) is 24.9. The van der Waals surface area contributed by atoms with E-state index in [9.17, 15) is 0 Å². The van der Waals surface area contributed by atoms with Crippen molar-refractivity contribution in [1.29, 1.82) is 0 Å². The second-order valence-corrected chi connectivity index (χ2v) is 6.02. The molecule has 0 fully saturated rings. The van der Waals surface area contributed by atoms with Crippen LogP contribution in [0.3, 0.4) is 0 Å². The van der Waals surface area contributed by atoms with Crippen LogP contribution in [-0.4, -0.2) is 15.4 Å². The largest absolute Gasteiger partial charge is 1.00 e. The van der Waals surface area contributed by atoms with Crippen LogP contribution in [0.1, 0.15) is 26.2 Å². The molecule has 0 unspecified atom stereocenters. The van der Waals surface area contributed by atoms with Gasteiger partial charge in [0.15, 0.2) is 0 Å². The van der Waals surface area contributed by atoms with Gasteiger partial charge in [0.1, 0.15) is 0 Å². The van der Waals surface area contributed by atoms with Gasteiger partial charge in [-0.2, -0.15) is 23.6 Å². The van der Waals surface area contributed by atoms with Crippen molar-refractivity contribution in [1.82, 2.24) is 0 Å². The van der Waals surface area contributed by atoms with Gasteiger partial charge in [-0.1, -0.05) is 12.5 Å². The Kier molecular flexibility index (Phi) is 17.8. The first-order valence-corrected chi connectivity index (χ1v) is 8.65. The van der Waals surface area contributed by atoms with E-state index >= 15 is 0 Å². The Hall–Kier alpha value is -0.397. The number of hydrogen-bond donors (Lipinski definition) is 1. The van der Waals surface area contributed by atoms with E-state index in [0.717, 1.165) is 19.3 Å². The molecule has 0 aromatic heterocycles. The monoisotopic (exact) mass is 426 g/mol. The molecule has 23 heavy (non-hydrogen) atoms. The molecule has 0 bridgehead atoms. The number of aliphatic hydroxyl groups excluding tert-OH is 1. The van der Waals surface area contributed by atoms with E-state index in [-0.39, 0.29) is 24.8 Å². The fourth-order valence-corrected chi connectivity index (χ4v) is 1.97. The van der Waals surface area contributed by atoms with Crippen LogP contribution in [-0.2, 0) is 24.2 Å². The van der Waals surface area contributed by atoms with Crippen molar-refractivity contribution in [2.75, 3.05) is 6.61 Å². The zero-order valence-corrected chi connectivity index (χ0v) is 17.3. The summed E-state index contributed by atoms with van der Waals surface area (Å²) in [5.74, 6) is 0. The third-order valence-electron chi connectivity index (χ3n) is 2.94. The molecule has 0 radical (unpaired) electrons. The van der Waals surface area contributed by atoms with Gasteiger partial charge in [-0.3, -0.25) is 6.08 Å². The molecule has 2 aromatic rings. The maximum Gasteiger partial charge on any atom is 0.0420 e. The van der Waals surface area contributed by atoms with Gasteiger partial charge in [0.25, 0.3) is 0 Å². The minimum absolute atomic E-state index is 0. The van der Waals surface area contributed by atoms with E-state index in [1.807, 2.05) is 13.0 Å². The average Bonchev–Trinajstić information content (AvgIpc) is 3.18. The molecule has 124 valence electrons. The quantitative estimate of drug-likeness (QED) is 0.583. The maximum atomic E-state index is 8.47. The number of allylic oxidation sites excluding steroid dienone is 4. The molecule has 0 saturated carbocycles. The Morgan fingerprint density at radius 2 is 1.96 bits per heavy atom. The minimum atomic E-state index is 0. The number of fused-ring (bicyclic) bond motifs is 1. The molecule has 2 aromatic carbocycles. The van der Waals surface area contributed by atoms with Gasteiger partial charge in [0.05, 0.1) is 0 Å². The van der Waals surface area contributed by atoms with Crippen molar-refractivity contribution in [2.24, 2.45) is 0 Å². The summed E-state index contributed by atoms with van der Waals surface area (Å²) in [6.45, 7) is 2.34. The molecule has 1 aliphatic rings. The third-order valence-corrected chi connectivity index (χ3v) is 2.94. The van der Waals surface area contributed by atoms with E-state index in [0.29, 0.717) is 6.61 Å². The molecule has 3 rings (SSSR count). The Labute approximate surface area is 167 Å². The zero-order chi connectivity index (χ0) is 15.3. The Balaban J connectivity index is 0. The molecular weight excluding hydrogens is 406 g/mol. The average molecular weight is 429 g/mol. The van der Waals surface area contributed by atoms with Crippen LogP contribution in [0.5, 0.6) is 0 Å². The summed E-state index contributed by atoms with van der Waals surface area (Å²) < 4.78 is 2.09. The van der Waals surface area contributed by atoms with Gasteiger partial charge in [0.2, 0.25) is 0 Å². The standard InChI is InChI=1S/C9H7.C8H11O.C2H4.2ClH.Zr/c1-2-5-9-7-3-6-8(9)4-1;9-7-3-6-8-4-1-2-5-8;1-2;;;/h1-7H;4-5,9H,1,3,6-7H2;1H,2H3;2*1H;/q2*-1;;;;+2/p-2. The molecular formula is C19H22Cl2OZr-2.